The van der Waals surface area contributed by atoms with Gasteiger partial charge in [-0.05, 0) is 37.8 Å². The fraction of sp³-hybridized carbons (Fsp3) is 0.571. The van der Waals surface area contributed by atoms with E-state index in [9.17, 15) is 14.4 Å². The Kier molecular flexibility index (Phi) is 6.90. The van der Waals surface area contributed by atoms with Gasteiger partial charge in [-0.1, -0.05) is 18.2 Å². The van der Waals surface area contributed by atoms with E-state index in [1.165, 1.54) is 5.69 Å². The number of anilines is 1. The number of amides is 2. The molecule has 7 nitrogen and oxygen atoms in total. The number of nitrogens with zero attached hydrogens (tertiary/aromatic N) is 2. The Hall–Kier alpha value is -2.57. The van der Waals surface area contributed by atoms with Crippen LogP contribution in [-0.4, -0.2) is 60.0 Å². The second-order valence-corrected chi connectivity index (χ2v) is 7.66. The number of hydrogen-bond acceptors (Lipinski definition) is 4. The van der Waals surface area contributed by atoms with Gasteiger partial charge in [0.05, 0.1) is 5.92 Å². The Morgan fingerprint density at radius 1 is 0.929 bits per heavy atom. The van der Waals surface area contributed by atoms with E-state index in [1.807, 2.05) is 23.1 Å². The van der Waals surface area contributed by atoms with Crippen LogP contribution in [0.5, 0.6) is 0 Å². The second-order valence-electron chi connectivity index (χ2n) is 7.66. The van der Waals surface area contributed by atoms with Gasteiger partial charge >= 0.3 is 5.97 Å². The zero-order chi connectivity index (χ0) is 19.9. The number of carboxylic acid groups (broad SMARTS) is 1. The third kappa shape index (κ3) is 5.47. The number of hydrogen-bond donors (Lipinski definition) is 2. The van der Waals surface area contributed by atoms with Crippen molar-refractivity contribution in [3.05, 3.63) is 30.3 Å². The Morgan fingerprint density at radius 2 is 1.57 bits per heavy atom. The molecular formula is C21H29N3O4. The van der Waals surface area contributed by atoms with Gasteiger partial charge in [-0.3, -0.25) is 14.4 Å². The summed E-state index contributed by atoms with van der Waals surface area (Å²) in [4.78, 5) is 39.6. The fourth-order valence-electron chi connectivity index (χ4n) is 4.02. The first-order valence-corrected chi connectivity index (χ1v) is 10.1. The summed E-state index contributed by atoms with van der Waals surface area (Å²) in [6.45, 7) is 2.95. The molecule has 0 atom stereocenters. The summed E-state index contributed by atoms with van der Waals surface area (Å²) in [5.41, 5.74) is 1.17. The molecule has 2 amide bonds. The summed E-state index contributed by atoms with van der Waals surface area (Å²) in [6.07, 6.45) is 3.00. The van der Waals surface area contributed by atoms with Crippen LogP contribution in [0.15, 0.2) is 30.3 Å². The molecule has 7 heteroatoms. The van der Waals surface area contributed by atoms with Crippen molar-refractivity contribution in [2.75, 3.05) is 31.1 Å². The molecule has 1 heterocycles. The number of piperazine rings is 1. The number of nitrogens with one attached hydrogen (secondary N) is 1. The minimum Gasteiger partial charge on any atom is -0.481 e. The highest BCUT2D eigenvalue weighted by Gasteiger charge is 2.27. The summed E-state index contributed by atoms with van der Waals surface area (Å²) < 4.78 is 0. The molecular weight excluding hydrogens is 358 g/mol. The first kappa shape index (κ1) is 20.2. The van der Waals surface area contributed by atoms with Crippen LogP contribution in [0.2, 0.25) is 0 Å². The van der Waals surface area contributed by atoms with Crippen molar-refractivity contribution in [1.82, 2.24) is 10.2 Å². The number of aliphatic carboxylic acids is 1. The molecule has 1 aromatic carbocycles. The normalized spacial score (nSPS) is 22.6. The maximum Gasteiger partial charge on any atom is 0.306 e. The van der Waals surface area contributed by atoms with Gasteiger partial charge in [0.25, 0.3) is 0 Å². The van der Waals surface area contributed by atoms with Crippen molar-refractivity contribution >= 4 is 23.5 Å². The first-order valence-electron chi connectivity index (χ1n) is 10.1. The highest BCUT2D eigenvalue weighted by molar-refractivity contribution is 5.84. The minimum atomic E-state index is -0.747. The Morgan fingerprint density at radius 3 is 2.18 bits per heavy atom. The fourth-order valence-corrected chi connectivity index (χ4v) is 4.02. The third-order valence-corrected chi connectivity index (χ3v) is 5.76. The van der Waals surface area contributed by atoms with Crippen LogP contribution < -0.4 is 10.2 Å². The maximum atomic E-state index is 12.4. The molecule has 2 N–H and O–H groups in total. The van der Waals surface area contributed by atoms with E-state index < -0.39 is 5.97 Å². The van der Waals surface area contributed by atoms with Crippen LogP contribution in [0, 0.1) is 5.92 Å². The molecule has 1 aliphatic heterocycles. The van der Waals surface area contributed by atoms with Gasteiger partial charge in [0.2, 0.25) is 11.8 Å². The largest absolute Gasteiger partial charge is 0.481 e. The Balaban J connectivity index is 1.34. The van der Waals surface area contributed by atoms with E-state index in [-0.39, 0.29) is 36.6 Å². The molecule has 1 saturated carbocycles. The Labute approximate surface area is 165 Å². The summed E-state index contributed by atoms with van der Waals surface area (Å²) in [5.74, 6) is -1.13. The van der Waals surface area contributed by atoms with Crippen molar-refractivity contribution < 1.29 is 19.5 Å². The van der Waals surface area contributed by atoms with Crippen molar-refractivity contribution in [3.63, 3.8) is 0 Å². The maximum absolute atomic E-state index is 12.4. The molecule has 28 heavy (non-hydrogen) atoms. The molecule has 1 aliphatic carbocycles. The predicted octanol–water partition coefficient (Wildman–Crippen LogP) is 1.87. The molecule has 0 radical (unpaired) electrons. The predicted molar refractivity (Wildman–Crippen MR) is 106 cm³/mol. The quantitative estimate of drug-likeness (QED) is 0.778. The van der Waals surface area contributed by atoms with Crippen molar-refractivity contribution in [2.45, 2.75) is 44.6 Å². The average Bonchev–Trinajstić information content (AvgIpc) is 2.73. The smallest absolute Gasteiger partial charge is 0.306 e. The van der Waals surface area contributed by atoms with E-state index in [0.29, 0.717) is 38.8 Å². The molecule has 0 bridgehead atoms. The minimum absolute atomic E-state index is 0.0254. The molecule has 2 fully saturated rings. The SMILES string of the molecule is O=C(CCC(=O)N1CCN(c2ccccc2)CC1)NC1CCC(C(=O)O)CC1. The number of carbonyl (C=O) groups is 3. The van der Waals surface area contributed by atoms with Gasteiger partial charge in [-0.25, -0.2) is 0 Å². The van der Waals surface area contributed by atoms with Crippen LogP contribution >= 0.6 is 0 Å². The van der Waals surface area contributed by atoms with E-state index >= 15 is 0 Å². The van der Waals surface area contributed by atoms with Gasteiger partial charge in [-0.2, -0.15) is 0 Å². The van der Waals surface area contributed by atoms with Gasteiger partial charge < -0.3 is 20.2 Å². The lowest BCUT2D eigenvalue weighted by Gasteiger charge is -2.36. The van der Waals surface area contributed by atoms with Crippen molar-refractivity contribution in [2.24, 2.45) is 5.92 Å². The molecule has 152 valence electrons. The highest BCUT2D eigenvalue weighted by atomic mass is 16.4. The lowest BCUT2D eigenvalue weighted by atomic mass is 9.86. The molecule has 1 saturated heterocycles. The van der Waals surface area contributed by atoms with Crippen LogP contribution in [0.4, 0.5) is 5.69 Å². The van der Waals surface area contributed by atoms with Gasteiger partial charge in [0.1, 0.15) is 0 Å². The van der Waals surface area contributed by atoms with Crippen molar-refractivity contribution in [1.29, 1.82) is 0 Å². The zero-order valence-corrected chi connectivity index (χ0v) is 16.2. The van der Waals surface area contributed by atoms with Crippen LogP contribution in [0.3, 0.4) is 0 Å². The van der Waals surface area contributed by atoms with Crippen molar-refractivity contribution in [3.8, 4) is 0 Å². The molecule has 2 aliphatic rings. The molecule has 1 aromatic rings. The number of benzene rings is 1. The molecule has 0 aromatic heterocycles. The monoisotopic (exact) mass is 387 g/mol. The van der Waals surface area contributed by atoms with Gasteiger partial charge in [0.15, 0.2) is 0 Å². The van der Waals surface area contributed by atoms with Crippen LogP contribution in [-0.2, 0) is 14.4 Å². The summed E-state index contributed by atoms with van der Waals surface area (Å²) in [5, 5.41) is 12.0. The number of rotatable bonds is 6. The van der Waals surface area contributed by atoms with E-state index in [0.717, 1.165) is 13.1 Å². The average molecular weight is 387 g/mol. The van der Waals surface area contributed by atoms with Crippen LogP contribution in [0.25, 0.3) is 0 Å². The van der Waals surface area contributed by atoms with Gasteiger partial charge in [0, 0.05) is 50.7 Å². The summed E-state index contributed by atoms with van der Waals surface area (Å²) >= 11 is 0. The number of carboxylic acids is 1. The lowest BCUT2D eigenvalue weighted by molar-refractivity contribution is -0.143. The van der Waals surface area contributed by atoms with Gasteiger partial charge in [-0.15, -0.1) is 0 Å². The number of para-hydroxylation sites is 1. The molecule has 0 spiro atoms. The second kappa shape index (κ2) is 9.57. The van der Waals surface area contributed by atoms with E-state index in [1.54, 1.807) is 0 Å². The standard InChI is InChI=1S/C21H29N3O4/c25-19(22-17-8-6-16(7-9-17)21(27)28)10-11-20(26)24-14-12-23(13-15-24)18-4-2-1-3-5-18/h1-5,16-17H,6-15H2,(H,22,25)(H,27,28). The van der Waals surface area contributed by atoms with Crippen LogP contribution in [0.1, 0.15) is 38.5 Å². The first-order chi connectivity index (χ1) is 13.5. The lowest BCUT2D eigenvalue weighted by Crippen LogP contribution is -2.49. The zero-order valence-electron chi connectivity index (χ0n) is 16.2. The summed E-state index contributed by atoms with van der Waals surface area (Å²) in [6, 6.07) is 10.2. The third-order valence-electron chi connectivity index (χ3n) is 5.76. The topological polar surface area (TPSA) is 90.0 Å². The summed E-state index contributed by atoms with van der Waals surface area (Å²) in [7, 11) is 0. The number of carbonyl (C=O) groups excluding carboxylic acids is 2. The molecule has 0 unspecified atom stereocenters. The Bertz CT molecular complexity index is 678. The van der Waals surface area contributed by atoms with E-state index in [4.69, 9.17) is 5.11 Å². The van der Waals surface area contributed by atoms with E-state index in [2.05, 4.69) is 22.3 Å². The highest BCUT2D eigenvalue weighted by Crippen LogP contribution is 2.24. The molecule has 3 rings (SSSR count).